The molecule has 0 amide bonds. The fourth-order valence-electron chi connectivity index (χ4n) is 2.74. The van der Waals surface area contributed by atoms with Gasteiger partial charge in [0, 0.05) is 12.1 Å². The van der Waals surface area contributed by atoms with Crippen LogP contribution in [0.1, 0.15) is 28.9 Å². The number of carbonyl (C=O) groups is 1. The third-order valence-corrected chi connectivity index (χ3v) is 6.73. The third kappa shape index (κ3) is 3.46. The molecule has 1 aromatic heterocycles. The maximum atomic E-state index is 13.1. The van der Waals surface area contributed by atoms with Crippen LogP contribution in [-0.4, -0.2) is 35.9 Å². The molecule has 0 unspecified atom stereocenters. The summed E-state index contributed by atoms with van der Waals surface area (Å²) < 4.78 is 27.6. The van der Waals surface area contributed by atoms with E-state index in [4.69, 9.17) is 0 Å². The van der Waals surface area contributed by atoms with E-state index in [1.165, 1.54) is 15.8 Å². The number of carboxylic acids is 1. The maximum absolute atomic E-state index is 13.1. The Bertz CT molecular complexity index is 733. The molecular formula is C16H19NO4S2. The van der Waals surface area contributed by atoms with Gasteiger partial charge in [-0.1, -0.05) is 24.3 Å². The van der Waals surface area contributed by atoms with Crippen molar-refractivity contribution in [1.29, 1.82) is 0 Å². The number of hydrogen-bond acceptors (Lipinski definition) is 4. The lowest BCUT2D eigenvalue weighted by molar-refractivity contribution is 0.0698. The second-order valence-electron chi connectivity index (χ2n) is 5.19. The number of hydrogen-bond donors (Lipinski definition) is 1. The maximum Gasteiger partial charge on any atom is 0.347 e. The summed E-state index contributed by atoms with van der Waals surface area (Å²) in [6, 6.07) is 0.726. The zero-order valence-electron chi connectivity index (χ0n) is 12.6. The standard InChI is InChI=1S/C16H19NO4S2/c1-3-6-12-8-5-9-13(7-4-2)17(12)23(20,21)14-10-11-22-15(14)16(18)19/h3-5,8,10-13H,1-2,6-7,9H2,(H,18,19)/t12-,13-/m1/s1. The molecule has 0 aliphatic carbocycles. The lowest BCUT2D eigenvalue weighted by Gasteiger charge is -2.37. The van der Waals surface area contributed by atoms with Gasteiger partial charge >= 0.3 is 5.97 Å². The Morgan fingerprint density at radius 2 is 2.09 bits per heavy atom. The van der Waals surface area contributed by atoms with Crippen molar-refractivity contribution in [2.24, 2.45) is 0 Å². The van der Waals surface area contributed by atoms with Crippen LogP contribution in [0.4, 0.5) is 0 Å². The van der Waals surface area contributed by atoms with Crippen molar-refractivity contribution in [2.45, 2.75) is 36.2 Å². The number of aromatic carboxylic acids is 1. The molecule has 5 nitrogen and oxygen atoms in total. The zero-order valence-corrected chi connectivity index (χ0v) is 14.2. The van der Waals surface area contributed by atoms with Crippen molar-refractivity contribution < 1.29 is 18.3 Å². The van der Waals surface area contributed by atoms with Crippen LogP contribution in [0.5, 0.6) is 0 Å². The zero-order chi connectivity index (χ0) is 17.0. The SMILES string of the molecule is C=CC[C@@H]1CC=C[C@@H](CC=C)N1S(=O)(=O)c1ccsc1C(=O)O. The van der Waals surface area contributed by atoms with Crippen LogP contribution in [0.15, 0.2) is 53.8 Å². The van der Waals surface area contributed by atoms with Gasteiger partial charge in [0.2, 0.25) is 10.0 Å². The highest BCUT2D eigenvalue weighted by molar-refractivity contribution is 7.89. The van der Waals surface area contributed by atoms with Gasteiger partial charge in [0.25, 0.3) is 0 Å². The van der Waals surface area contributed by atoms with E-state index in [0.29, 0.717) is 19.3 Å². The topological polar surface area (TPSA) is 74.7 Å². The lowest BCUT2D eigenvalue weighted by atomic mass is 10.0. The monoisotopic (exact) mass is 353 g/mol. The summed E-state index contributed by atoms with van der Waals surface area (Å²) in [7, 11) is -3.92. The molecule has 2 atom stereocenters. The lowest BCUT2D eigenvalue weighted by Crippen LogP contribution is -2.48. The van der Waals surface area contributed by atoms with Crippen LogP contribution < -0.4 is 0 Å². The predicted octanol–water partition coefficient (Wildman–Crippen LogP) is 3.29. The summed E-state index contributed by atoms with van der Waals surface area (Å²) in [5, 5.41) is 10.7. The number of rotatable bonds is 7. The Labute approximate surface area is 140 Å². The van der Waals surface area contributed by atoms with E-state index in [0.717, 1.165) is 11.3 Å². The second-order valence-corrected chi connectivity index (χ2v) is 7.92. The van der Waals surface area contributed by atoms with Crippen molar-refractivity contribution in [3.63, 3.8) is 0 Å². The molecule has 2 rings (SSSR count). The first-order valence-electron chi connectivity index (χ1n) is 7.16. The Morgan fingerprint density at radius 1 is 1.39 bits per heavy atom. The third-order valence-electron chi connectivity index (χ3n) is 3.68. The van der Waals surface area contributed by atoms with Gasteiger partial charge in [-0.15, -0.1) is 24.5 Å². The Balaban J connectivity index is 2.53. The Morgan fingerprint density at radius 3 is 2.70 bits per heavy atom. The molecule has 1 aliphatic heterocycles. The molecule has 0 spiro atoms. The van der Waals surface area contributed by atoms with E-state index in [1.54, 1.807) is 12.2 Å². The highest BCUT2D eigenvalue weighted by atomic mass is 32.2. The number of thiophene rings is 1. The first-order chi connectivity index (χ1) is 10.9. The molecule has 1 aliphatic rings. The number of sulfonamides is 1. The van der Waals surface area contributed by atoms with Crippen LogP contribution in [0.25, 0.3) is 0 Å². The molecule has 0 radical (unpaired) electrons. The van der Waals surface area contributed by atoms with E-state index >= 15 is 0 Å². The van der Waals surface area contributed by atoms with Crippen LogP contribution >= 0.6 is 11.3 Å². The van der Waals surface area contributed by atoms with Crippen molar-refractivity contribution >= 4 is 27.3 Å². The molecule has 23 heavy (non-hydrogen) atoms. The smallest absolute Gasteiger partial charge is 0.347 e. The van der Waals surface area contributed by atoms with E-state index in [9.17, 15) is 18.3 Å². The molecule has 0 aromatic carbocycles. The normalized spacial score (nSPS) is 21.9. The van der Waals surface area contributed by atoms with Crippen molar-refractivity contribution in [2.75, 3.05) is 0 Å². The molecule has 0 bridgehead atoms. The van der Waals surface area contributed by atoms with Gasteiger partial charge in [-0.25, -0.2) is 13.2 Å². The van der Waals surface area contributed by atoms with Gasteiger partial charge in [-0.2, -0.15) is 4.31 Å². The highest BCUT2D eigenvalue weighted by Crippen LogP contribution is 2.33. The first kappa shape index (κ1) is 17.7. The van der Waals surface area contributed by atoms with Crippen molar-refractivity contribution in [1.82, 2.24) is 4.31 Å². The van der Waals surface area contributed by atoms with Gasteiger partial charge in [-0.3, -0.25) is 0 Å². The quantitative estimate of drug-likeness (QED) is 0.763. The minimum Gasteiger partial charge on any atom is -0.477 e. The highest BCUT2D eigenvalue weighted by Gasteiger charge is 2.39. The average molecular weight is 353 g/mol. The molecule has 1 aromatic rings. The van der Waals surface area contributed by atoms with Gasteiger partial charge in [-0.05, 0) is 30.7 Å². The molecule has 1 N–H and O–H groups in total. The van der Waals surface area contributed by atoms with Crippen LogP contribution in [0, 0.1) is 0 Å². The largest absolute Gasteiger partial charge is 0.477 e. The summed E-state index contributed by atoms with van der Waals surface area (Å²) in [5.41, 5.74) is 0. The molecule has 0 saturated carbocycles. The summed E-state index contributed by atoms with van der Waals surface area (Å²) in [6.07, 6.45) is 8.69. The Kier molecular flexibility index (Phi) is 5.56. The van der Waals surface area contributed by atoms with Crippen LogP contribution in [-0.2, 0) is 10.0 Å². The minimum atomic E-state index is -3.92. The summed E-state index contributed by atoms with van der Waals surface area (Å²) >= 11 is 0.914. The van der Waals surface area contributed by atoms with Crippen molar-refractivity contribution in [3.8, 4) is 0 Å². The van der Waals surface area contributed by atoms with E-state index < -0.39 is 16.0 Å². The fraction of sp³-hybridized carbons (Fsp3) is 0.312. The van der Waals surface area contributed by atoms with Gasteiger partial charge in [0.1, 0.15) is 9.77 Å². The fourth-order valence-corrected chi connectivity index (χ4v) is 5.78. The second kappa shape index (κ2) is 7.25. The van der Waals surface area contributed by atoms with Gasteiger partial charge in [0.15, 0.2) is 0 Å². The van der Waals surface area contributed by atoms with Crippen molar-refractivity contribution in [3.05, 3.63) is 53.8 Å². The average Bonchev–Trinajstić information content (AvgIpc) is 2.98. The number of nitrogens with zero attached hydrogens (tertiary/aromatic N) is 1. The molecule has 7 heteroatoms. The molecular weight excluding hydrogens is 334 g/mol. The van der Waals surface area contributed by atoms with E-state index in [2.05, 4.69) is 13.2 Å². The summed E-state index contributed by atoms with van der Waals surface area (Å²) in [5.74, 6) is -1.23. The number of carboxylic acid groups (broad SMARTS) is 1. The van der Waals surface area contributed by atoms with Gasteiger partial charge in [0.05, 0.1) is 0 Å². The Hall–Kier alpha value is -1.70. The van der Waals surface area contributed by atoms with Gasteiger partial charge < -0.3 is 5.11 Å². The first-order valence-corrected chi connectivity index (χ1v) is 9.48. The van der Waals surface area contributed by atoms with Crippen LogP contribution in [0.3, 0.4) is 0 Å². The molecule has 0 saturated heterocycles. The predicted molar refractivity (Wildman–Crippen MR) is 91.3 cm³/mol. The molecule has 0 fully saturated rings. The van der Waals surface area contributed by atoms with E-state index in [1.807, 2.05) is 12.2 Å². The molecule has 2 heterocycles. The molecule has 124 valence electrons. The summed E-state index contributed by atoms with van der Waals surface area (Å²) in [6.45, 7) is 7.38. The minimum absolute atomic E-state index is 0.145. The van der Waals surface area contributed by atoms with E-state index in [-0.39, 0.29) is 21.9 Å². The van der Waals surface area contributed by atoms with Crippen LogP contribution in [0.2, 0.25) is 0 Å². The summed E-state index contributed by atoms with van der Waals surface area (Å²) in [4.78, 5) is 11.0.